The number of anilines is 1. The topological polar surface area (TPSA) is 65.9 Å². The van der Waals surface area contributed by atoms with Crippen molar-refractivity contribution in [3.8, 4) is 6.07 Å². The third-order valence-corrected chi connectivity index (χ3v) is 3.90. The van der Waals surface area contributed by atoms with Gasteiger partial charge in [-0.15, -0.1) is 0 Å². The molecule has 0 amide bonds. The molecule has 96 valence electrons. The predicted octanol–water partition coefficient (Wildman–Crippen LogP) is 2.49. The van der Waals surface area contributed by atoms with E-state index in [1.54, 1.807) is 0 Å². The molecule has 0 spiro atoms. The number of rotatable bonds is 4. The molecule has 2 N–H and O–H groups in total. The van der Waals surface area contributed by atoms with Crippen LogP contribution in [0.4, 0.5) is 5.13 Å². The van der Waals surface area contributed by atoms with E-state index < -0.39 is 0 Å². The summed E-state index contributed by atoms with van der Waals surface area (Å²) >= 11 is 1.27. The molecule has 1 aliphatic rings. The van der Waals surface area contributed by atoms with E-state index in [4.69, 9.17) is 11.0 Å². The van der Waals surface area contributed by atoms with Crippen LogP contribution in [0.25, 0.3) is 5.57 Å². The average Bonchev–Trinajstić information content (AvgIpc) is 2.78. The highest BCUT2D eigenvalue weighted by molar-refractivity contribution is 7.16. The van der Waals surface area contributed by atoms with Crippen molar-refractivity contribution in [2.45, 2.75) is 26.2 Å². The number of nitriles is 1. The second kappa shape index (κ2) is 5.98. The second-order valence-corrected chi connectivity index (χ2v) is 5.52. The summed E-state index contributed by atoms with van der Waals surface area (Å²) in [7, 11) is 0. The summed E-state index contributed by atoms with van der Waals surface area (Å²) in [4.78, 5) is 7.36. The van der Waals surface area contributed by atoms with E-state index in [1.165, 1.54) is 24.2 Å². The van der Waals surface area contributed by atoms with Crippen molar-refractivity contribution in [2.24, 2.45) is 0 Å². The largest absolute Gasteiger partial charge is 0.375 e. The van der Waals surface area contributed by atoms with E-state index in [0.29, 0.717) is 10.0 Å². The molecule has 0 radical (unpaired) electrons. The Morgan fingerprint density at radius 3 is 3.17 bits per heavy atom. The number of nitrogen functional groups attached to an aromatic ring is 1. The summed E-state index contributed by atoms with van der Waals surface area (Å²) in [5.74, 6) is 0. The maximum absolute atomic E-state index is 9.09. The molecular weight excluding hydrogens is 244 g/mol. The fourth-order valence-electron chi connectivity index (χ4n) is 2.18. The maximum Gasteiger partial charge on any atom is 0.181 e. The van der Waals surface area contributed by atoms with Crippen LogP contribution >= 0.6 is 11.3 Å². The van der Waals surface area contributed by atoms with Gasteiger partial charge in [0, 0.05) is 13.1 Å². The first kappa shape index (κ1) is 13.1. The van der Waals surface area contributed by atoms with Crippen LogP contribution in [-0.2, 0) is 0 Å². The first-order valence-corrected chi connectivity index (χ1v) is 7.14. The summed E-state index contributed by atoms with van der Waals surface area (Å²) < 4.78 is 0. The van der Waals surface area contributed by atoms with Gasteiger partial charge in [-0.3, -0.25) is 4.90 Å². The molecule has 5 heteroatoms. The van der Waals surface area contributed by atoms with Gasteiger partial charge in [-0.1, -0.05) is 30.8 Å². The Kier molecular flexibility index (Phi) is 4.34. The van der Waals surface area contributed by atoms with E-state index in [1.807, 2.05) is 0 Å². The van der Waals surface area contributed by atoms with Gasteiger partial charge in [-0.25, -0.2) is 4.98 Å². The van der Waals surface area contributed by atoms with Gasteiger partial charge >= 0.3 is 0 Å². The highest BCUT2D eigenvalue weighted by atomic mass is 32.1. The molecule has 2 rings (SSSR count). The molecule has 0 unspecified atom stereocenters. The lowest BCUT2D eigenvalue weighted by molar-refractivity contribution is 0.299. The van der Waals surface area contributed by atoms with Gasteiger partial charge in [0.1, 0.15) is 10.9 Å². The van der Waals surface area contributed by atoms with Crippen LogP contribution < -0.4 is 5.73 Å². The van der Waals surface area contributed by atoms with Gasteiger partial charge < -0.3 is 5.73 Å². The molecule has 2 heterocycles. The van der Waals surface area contributed by atoms with E-state index in [9.17, 15) is 0 Å². The van der Waals surface area contributed by atoms with Crippen LogP contribution in [0.3, 0.4) is 0 Å². The molecule has 18 heavy (non-hydrogen) atoms. The molecule has 0 aliphatic carbocycles. The molecule has 1 aromatic rings. The Balaban J connectivity index is 2.13. The van der Waals surface area contributed by atoms with Crippen molar-refractivity contribution in [3.05, 3.63) is 16.6 Å². The maximum atomic E-state index is 9.09. The highest BCUT2D eigenvalue weighted by Crippen LogP contribution is 2.28. The van der Waals surface area contributed by atoms with Gasteiger partial charge in [-0.05, 0) is 25.0 Å². The van der Waals surface area contributed by atoms with Crippen LogP contribution in [0.15, 0.2) is 6.08 Å². The number of hydrogen-bond donors (Lipinski definition) is 1. The molecule has 0 atom stereocenters. The summed E-state index contributed by atoms with van der Waals surface area (Å²) in [5, 5.41) is 9.57. The molecule has 1 aliphatic heterocycles. The summed E-state index contributed by atoms with van der Waals surface area (Å²) in [5.41, 5.74) is 7.64. The van der Waals surface area contributed by atoms with Crippen molar-refractivity contribution in [1.29, 1.82) is 5.26 Å². The van der Waals surface area contributed by atoms with Gasteiger partial charge in [0.05, 0.1) is 5.69 Å². The molecule has 1 aromatic heterocycles. The standard InChI is InChI=1S/C13H18N4S/c1-2-3-6-17-7-4-5-10(9-17)12-11(8-14)18-13(15)16-12/h5H,2-4,6-7,9H2,1H3,(H2,15,16). The number of aromatic nitrogens is 1. The number of unbranched alkanes of at least 4 members (excludes halogenated alkanes) is 1. The van der Waals surface area contributed by atoms with Crippen LogP contribution in [0.1, 0.15) is 36.8 Å². The molecule has 4 nitrogen and oxygen atoms in total. The van der Waals surface area contributed by atoms with Crippen LogP contribution in [0, 0.1) is 11.3 Å². The number of hydrogen-bond acceptors (Lipinski definition) is 5. The zero-order valence-electron chi connectivity index (χ0n) is 10.6. The van der Waals surface area contributed by atoms with Gasteiger partial charge in [0.15, 0.2) is 5.13 Å². The first-order valence-electron chi connectivity index (χ1n) is 6.32. The predicted molar refractivity (Wildman–Crippen MR) is 75.2 cm³/mol. The monoisotopic (exact) mass is 262 g/mol. The van der Waals surface area contributed by atoms with Crippen molar-refractivity contribution in [3.63, 3.8) is 0 Å². The Morgan fingerprint density at radius 1 is 1.61 bits per heavy atom. The van der Waals surface area contributed by atoms with Crippen molar-refractivity contribution in [1.82, 2.24) is 9.88 Å². The first-order chi connectivity index (χ1) is 8.74. The lowest BCUT2D eigenvalue weighted by atomic mass is 10.1. The number of nitrogens with two attached hydrogens (primary N) is 1. The van der Waals surface area contributed by atoms with Crippen molar-refractivity contribution < 1.29 is 0 Å². The van der Waals surface area contributed by atoms with Crippen LogP contribution in [-0.4, -0.2) is 29.5 Å². The lowest BCUT2D eigenvalue weighted by Gasteiger charge is -2.26. The molecule has 0 bridgehead atoms. The van der Waals surface area contributed by atoms with E-state index in [2.05, 4.69) is 29.0 Å². The third kappa shape index (κ3) is 2.89. The number of nitrogens with zero attached hydrogens (tertiary/aromatic N) is 3. The van der Waals surface area contributed by atoms with Gasteiger partial charge in [0.2, 0.25) is 0 Å². The second-order valence-electron chi connectivity index (χ2n) is 4.49. The Hall–Kier alpha value is -1.38. The summed E-state index contributed by atoms with van der Waals surface area (Å²) in [6.07, 6.45) is 5.65. The van der Waals surface area contributed by atoms with Gasteiger partial charge in [-0.2, -0.15) is 5.26 Å². The fraction of sp³-hybridized carbons (Fsp3) is 0.538. The lowest BCUT2D eigenvalue weighted by Crippen LogP contribution is -2.30. The normalized spacial score (nSPS) is 16.3. The minimum Gasteiger partial charge on any atom is -0.375 e. The zero-order chi connectivity index (χ0) is 13.0. The van der Waals surface area contributed by atoms with Crippen LogP contribution in [0.5, 0.6) is 0 Å². The Morgan fingerprint density at radius 2 is 2.44 bits per heavy atom. The van der Waals surface area contributed by atoms with Crippen molar-refractivity contribution in [2.75, 3.05) is 25.4 Å². The van der Waals surface area contributed by atoms with Gasteiger partial charge in [0.25, 0.3) is 0 Å². The molecule has 0 aromatic carbocycles. The van der Waals surface area contributed by atoms with Crippen LogP contribution in [0.2, 0.25) is 0 Å². The molecular formula is C13H18N4S. The molecule has 0 saturated carbocycles. The molecule has 0 saturated heterocycles. The Bertz CT molecular complexity index is 484. The average molecular weight is 262 g/mol. The highest BCUT2D eigenvalue weighted by Gasteiger charge is 2.19. The van der Waals surface area contributed by atoms with E-state index in [0.717, 1.165) is 37.3 Å². The smallest absolute Gasteiger partial charge is 0.181 e. The van der Waals surface area contributed by atoms with E-state index in [-0.39, 0.29) is 0 Å². The minimum atomic E-state index is 0.480. The van der Waals surface area contributed by atoms with Crippen molar-refractivity contribution >= 4 is 22.0 Å². The fourth-order valence-corrected chi connectivity index (χ4v) is 2.85. The molecule has 0 fully saturated rings. The third-order valence-electron chi connectivity index (χ3n) is 3.11. The summed E-state index contributed by atoms with van der Waals surface area (Å²) in [6.45, 7) is 5.31. The quantitative estimate of drug-likeness (QED) is 0.905. The minimum absolute atomic E-state index is 0.480. The van der Waals surface area contributed by atoms with E-state index >= 15 is 0 Å². The summed E-state index contributed by atoms with van der Waals surface area (Å²) in [6, 6.07) is 2.19. The zero-order valence-corrected chi connectivity index (χ0v) is 11.5. The Labute approximate surface area is 112 Å². The number of thiazole rings is 1. The SMILES string of the molecule is CCCCN1CCC=C(c2nc(N)sc2C#N)C1.